The van der Waals surface area contributed by atoms with E-state index in [1.807, 2.05) is 18.2 Å². The van der Waals surface area contributed by atoms with Crippen LogP contribution in [0.3, 0.4) is 0 Å². The first-order chi connectivity index (χ1) is 13.5. The summed E-state index contributed by atoms with van der Waals surface area (Å²) in [5.74, 6) is 0.343. The molecule has 0 radical (unpaired) electrons. The van der Waals surface area contributed by atoms with Gasteiger partial charge in [-0.25, -0.2) is 4.98 Å². The van der Waals surface area contributed by atoms with Crippen LogP contribution in [-0.4, -0.2) is 15.9 Å². The molecule has 0 amide bonds. The van der Waals surface area contributed by atoms with Crippen molar-refractivity contribution in [2.75, 3.05) is 0 Å². The molecule has 0 bridgehead atoms. The highest BCUT2D eigenvalue weighted by molar-refractivity contribution is 6.36. The van der Waals surface area contributed by atoms with Crippen LogP contribution in [0.25, 0.3) is 22.3 Å². The van der Waals surface area contributed by atoms with Gasteiger partial charge in [-0.1, -0.05) is 65.1 Å². The lowest BCUT2D eigenvalue weighted by molar-refractivity contribution is 0.830. The van der Waals surface area contributed by atoms with Gasteiger partial charge < -0.3 is 0 Å². The Hall–Kier alpha value is -2.66. The molecule has 4 aromatic rings. The van der Waals surface area contributed by atoms with Gasteiger partial charge in [-0.15, -0.1) is 0 Å². The topological polar surface area (TPSA) is 47.2 Å². The second kappa shape index (κ2) is 7.76. The number of para-hydroxylation sites is 1. The smallest absolute Gasteiger partial charge is 0.267 e. The fourth-order valence-corrected chi connectivity index (χ4v) is 3.45. The predicted molar refractivity (Wildman–Crippen MR) is 116 cm³/mol. The summed E-state index contributed by atoms with van der Waals surface area (Å²) in [4.78, 5) is 17.7. The van der Waals surface area contributed by atoms with Gasteiger partial charge in [-0.2, -0.15) is 9.78 Å². The number of rotatable bonds is 3. The molecule has 0 saturated carbocycles. The molecule has 4 nitrogen and oxygen atoms in total. The highest BCUT2D eigenvalue weighted by Crippen LogP contribution is 2.27. The molecule has 4 rings (SSSR count). The van der Waals surface area contributed by atoms with E-state index < -0.39 is 0 Å². The lowest BCUT2D eigenvalue weighted by Crippen LogP contribution is -2.20. The Balaban J connectivity index is 1.97. The molecule has 1 aromatic heterocycles. The van der Waals surface area contributed by atoms with Gasteiger partial charge in [-0.3, -0.25) is 4.79 Å². The number of halogens is 3. The fraction of sp³-hybridized carbons (Fsp3) is 0. The molecule has 0 aliphatic carbocycles. The van der Waals surface area contributed by atoms with Crippen molar-refractivity contribution >= 4 is 51.9 Å². The van der Waals surface area contributed by atoms with E-state index in [4.69, 9.17) is 34.8 Å². The van der Waals surface area contributed by atoms with Crippen molar-refractivity contribution in [2.24, 2.45) is 5.10 Å². The second-order valence-electron chi connectivity index (χ2n) is 5.96. The number of aromatic nitrogens is 2. The van der Waals surface area contributed by atoms with E-state index >= 15 is 0 Å². The molecule has 3 aromatic carbocycles. The summed E-state index contributed by atoms with van der Waals surface area (Å²) >= 11 is 18.5. The van der Waals surface area contributed by atoms with E-state index in [0.29, 0.717) is 42.9 Å². The summed E-state index contributed by atoms with van der Waals surface area (Å²) in [7, 11) is 0. The van der Waals surface area contributed by atoms with E-state index in [-0.39, 0.29) is 5.56 Å². The van der Waals surface area contributed by atoms with E-state index in [2.05, 4.69) is 10.1 Å². The van der Waals surface area contributed by atoms with Crippen molar-refractivity contribution in [2.45, 2.75) is 0 Å². The fourth-order valence-electron chi connectivity index (χ4n) is 2.77. The number of hydrogen-bond donors (Lipinski definition) is 0. The summed E-state index contributed by atoms with van der Waals surface area (Å²) < 4.78 is 1.23. The molecule has 0 aliphatic rings. The van der Waals surface area contributed by atoms with Gasteiger partial charge in [0.1, 0.15) is 0 Å². The summed E-state index contributed by atoms with van der Waals surface area (Å²) in [5, 5.41) is 6.24. The molecule has 0 aliphatic heterocycles. The molecular weight excluding hydrogens is 417 g/mol. The maximum Gasteiger partial charge on any atom is 0.282 e. The third kappa shape index (κ3) is 3.54. The molecular formula is C21H12Cl3N3O. The zero-order valence-corrected chi connectivity index (χ0v) is 16.6. The van der Waals surface area contributed by atoms with Crippen LogP contribution in [0.15, 0.2) is 76.6 Å². The van der Waals surface area contributed by atoms with Crippen LogP contribution in [0.1, 0.15) is 5.56 Å². The van der Waals surface area contributed by atoms with Gasteiger partial charge in [0, 0.05) is 16.1 Å². The average molecular weight is 429 g/mol. The Morgan fingerprint density at radius 3 is 2.43 bits per heavy atom. The van der Waals surface area contributed by atoms with E-state index in [1.54, 1.807) is 48.5 Å². The van der Waals surface area contributed by atoms with Gasteiger partial charge in [0.05, 0.1) is 27.2 Å². The molecule has 0 atom stereocenters. The van der Waals surface area contributed by atoms with Crippen molar-refractivity contribution in [1.82, 2.24) is 9.66 Å². The Morgan fingerprint density at radius 1 is 0.893 bits per heavy atom. The van der Waals surface area contributed by atoms with Gasteiger partial charge in [0.15, 0.2) is 5.82 Å². The molecule has 28 heavy (non-hydrogen) atoms. The maximum absolute atomic E-state index is 13.1. The second-order valence-corrected chi connectivity index (χ2v) is 7.21. The van der Waals surface area contributed by atoms with Gasteiger partial charge in [0.2, 0.25) is 0 Å². The minimum atomic E-state index is -0.304. The van der Waals surface area contributed by atoms with Crippen LogP contribution in [0.4, 0.5) is 0 Å². The average Bonchev–Trinajstić information content (AvgIpc) is 2.69. The number of fused-ring (bicyclic) bond motifs is 1. The summed E-state index contributed by atoms with van der Waals surface area (Å²) in [6.07, 6.45) is 1.50. The van der Waals surface area contributed by atoms with Crippen molar-refractivity contribution in [3.05, 3.63) is 97.7 Å². The number of nitrogens with zero attached hydrogens (tertiary/aromatic N) is 3. The Bertz CT molecular complexity index is 1280. The zero-order chi connectivity index (χ0) is 19.7. The summed E-state index contributed by atoms with van der Waals surface area (Å²) in [6.45, 7) is 0. The Kier molecular flexibility index (Phi) is 5.18. The molecule has 0 N–H and O–H groups in total. The van der Waals surface area contributed by atoms with Crippen LogP contribution in [0.5, 0.6) is 0 Å². The summed E-state index contributed by atoms with van der Waals surface area (Å²) in [6, 6.07) is 19.3. The first-order valence-corrected chi connectivity index (χ1v) is 9.44. The van der Waals surface area contributed by atoms with Crippen LogP contribution in [0, 0.1) is 0 Å². The minimum absolute atomic E-state index is 0.304. The van der Waals surface area contributed by atoms with Gasteiger partial charge >= 0.3 is 0 Å². The molecule has 138 valence electrons. The maximum atomic E-state index is 13.1. The van der Waals surface area contributed by atoms with Crippen LogP contribution < -0.4 is 5.56 Å². The molecule has 0 spiro atoms. The predicted octanol–water partition coefficient (Wildman–Crippen LogP) is 5.91. The van der Waals surface area contributed by atoms with Gasteiger partial charge in [-0.05, 0) is 36.4 Å². The lowest BCUT2D eigenvalue weighted by atomic mass is 10.2. The molecule has 1 heterocycles. The SMILES string of the molecule is O=c1c2ccccc2nc(-c2ccccc2Cl)n1N=Cc1ccc(Cl)cc1Cl. The third-order valence-corrected chi connectivity index (χ3v) is 5.04. The quantitative estimate of drug-likeness (QED) is 0.381. The molecule has 0 fully saturated rings. The normalized spacial score (nSPS) is 11.4. The molecule has 0 unspecified atom stereocenters. The highest BCUT2D eigenvalue weighted by Gasteiger charge is 2.14. The van der Waals surface area contributed by atoms with Crippen LogP contribution in [0.2, 0.25) is 15.1 Å². The number of hydrogen-bond acceptors (Lipinski definition) is 3. The van der Waals surface area contributed by atoms with E-state index in [9.17, 15) is 4.79 Å². The molecule has 0 saturated heterocycles. The first kappa shape index (κ1) is 18.7. The minimum Gasteiger partial charge on any atom is -0.267 e. The van der Waals surface area contributed by atoms with Crippen molar-refractivity contribution in [1.29, 1.82) is 0 Å². The summed E-state index contributed by atoms with van der Waals surface area (Å²) in [5.41, 5.74) is 1.49. The van der Waals surface area contributed by atoms with E-state index in [1.165, 1.54) is 10.9 Å². The highest BCUT2D eigenvalue weighted by atomic mass is 35.5. The Labute approximate surface area is 175 Å². The lowest BCUT2D eigenvalue weighted by Gasteiger charge is -2.10. The van der Waals surface area contributed by atoms with Crippen molar-refractivity contribution < 1.29 is 0 Å². The first-order valence-electron chi connectivity index (χ1n) is 8.31. The largest absolute Gasteiger partial charge is 0.282 e. The van der Waals surface area contributed by atoms with Crippen molar-refractivity contribution in [3.8, 4) is 11.4 Å². The standard InChI is InChI=1S/C21H12Cl3N3O/c22-14-10-9-13(18(24)11-14)12-25-27-20(15-5-1-3-7-17(15)23)26-19-8-4-2-6-16(19)21(27)28/h1-12H. The monoisotopic (exact) mass is 427 g/mol. The number of benzene rings is 3. The van der Waals surface area contributed by atoms with Crippen LogP contribution in [-0.2, 0) is 0 Å². The zero-order valence-electron chi connectivity index (χ0n) is 14.3. The third-order valence-electron chi connectivity index (χ3n) is 4.14. The molecule has 7 heteroatoms. The van der Waals surface area contributed by atoms with Crippen molar-refractivity contribution in [3.63, 3.8) is 0 Å². The van der Waals surface area contributed by atoms with E-state index in [0.717, 1.165) is 0 Å². The van der Waals surface area contributed by atoms with Crippen LogP contribution >= 0.6 is 34.8 Å². The Morgan fingerprint density at radius 2 is 1.64 bits per heavy atom. The van der Waals surface area contributed by atoms with Gasteiger partial charge in [0.25, 0.3) is 5.56 Å².